The molecule has 0 unspecified atom stereocenters. The van der Waals surface area contributed by atoms with Crippen LogP contribution in [0.2, 0.25) is 0 Å². The summed E-state index contributed by atoms with van der Waals surface area (Å²) in [6.07, 6.45) is 5.59. The van der Waals surface area contributed by atoms with E-state index in [0.29, 0.717) is 17.7 Å². The summed E-state index contributed by atoms with van der Waals surface area (Å²) in [5, 5.41) is 13.8. The van der Waals surface area contributed by atoms with Gasteiger partial charge in [0.1, 0.15) is 5.82 Å². The van der Waals surface area contributed by atoms with Crippen molar-refractivity contribution in [3.63, 3.8) is 0 Å². The first-order valence-corrected chi connectivity index (χ1v) is 7.96. The molecule has 1 aromatic carbocycles. The number of carbonyl (C=O) groups is 1. The maximum Gasteiger partial charge on any atom is 0.169 e. The Morgan fingerprint density at radius 1 is 1.27 bits per heavy atom. The summed E-state index contributed by atoms with van der Waals surface area (Å²) < 4.78 is 13.0. The van der Waals surface area contributed by atoms with Crippen molar-refractivity contribution in [3.05, 3.63) is 35.6 Å². The lowest BCUT2D eigenvalue weighted by atomic mass is 9.94. The van der Waals surface area contributed by atoms with Gasteiger partial charge in [-0.25, -0.2) is 4.39 Å². The van der Waals surface area contributed by atoms with Crippen molar-refractivity contribution in [1.82, 2.24) is 10.2 Å². The summed E-state index contributed by atoms with van der Waals surface area (Å²) in [5.41, 5.74) is 0.949. The highest BCUT2D eigenvalue weighted by molar-refractivity contribution is 7.80. The predicted molar refractivity (Wildman–Crippen MR) is 84.4 cm³/mol. The average Bonchev–Trinajstić information content (AvgIpc) is 2.53. The minimum Gasteiger partial charge on any atom is -0.548 e. The lowest BCUT2D eigenvalue weighted by Gasteiger charge is -2.36. The van der Waals surface area contributed by atoms with Crippen LogP contribution in [0.15, 0.2) is 24.3 Å². The molecule has 22 heavy (non-hydrogen) atoms. The number of aliphatic carboxylic acids is 1. The highest BCUT2D eigenvalue weighted by Gasteiger charge is 2.23. The fourth-order valence-electron chi connectivity index (χ4n) is 2.80. The van der Waals surface area contributed by atoms with Gasteiger partial charge in [-0.2, -0.15) is 0 Å². The number of hydrogen-bond donors (Lipinski definition) is 1. The van der Waals surface area contributed by atoms with Gasteiger partial charge in [0.2, 0.25) is 0 Å². The number of nitrogens with one attached hydrogen (secondary N) is 1. The molecule has 6 heteroatoms. The van der Waals surface area contributed by atoms with E-state index in [4.69, 9.17) is 12.2 Å². The van der Waals surface area contributed by atoms with Gasteiger partial charge in [0, 0.05) is 12.6 Å². The summed E-state index contributed by atoms with van der Waals surface area (Å²) in [5.74, 6) is -1.46. The van der Waals surface area contributed by atoms with Crippen LogP contribution in [0.1, 0.15) is 37.7 Å². The second-order valence-corrected chi connectivity index (χ2v) is 5.96. The van der Waals surface area contributed by atoms with Crippen LogP contribution in [0.4, 0.5) is 4.39 Å². The molecule has 0 radical (unpaired) electrons. The second-order valence-electron chi connectivity index (χ2n) is 5.58. The van der Waals surface area contributed by atoms with Crippen molar-refractivity contribution in [1.29, 1.82) is 0 Å². The van der Waals surface area contributed by atoms with Gasteiger partial charge in [-0.15, -0.1) is 0 Å². The van der Waals surface area contributed by atoms with Gasteiger partial charge in [-0.05, 0) is 42.8 Å². The number of nitrogens with zero attached hydrogens (tertiary/aromatic N) is 1. The fourth-order valence-corrected chi connectivity index (χ4v) is 3.08. The van der Waals surface area contributed by atoms with E-state index in [1.54, 1.807) is 12.1 Å². The number of carbonyl (C=O) groups excluding carboxylic acids is 1. The topological polar surface area (TPSA) is 55.4 Å². The third-order valence-corrected chi connectivity index (χ3v) is 4.31. The van der Waals surface area contributed by atoms with Crippen molar-refractivity contribution in [2.45, 2.75) is 44.7 Å². The third kappa shape index (κ3) is 4.94. The summed E-state index contributed by atoms with van der Waals surface area (Å²) in [6.45, 7) is 0.245. The lowest BCUT2D eigenvalue weighted by Crippen LogP contribution is -2.49. The Bertz CT molecular complexity index is 515. The third-order valence-electron chi connectivity index (χ3n) is 3.93. The molecule has 0 bridgehead atoms. The van der Waals surface area contributed by atoms with E-state index in [2.05, 4.69) is 5.32 Å². The Balaban J connectivity index is 2.07. The number of hydrogen-bond acceptors (Lipinski definition) is 3. The second kappa shape index (κ2) is 8.08. The zero-order valence-corrected chi connectivity index (χ0v) is 13.2. The minimum atomic E-state index is -1.19. The predicted octanol–water partition coefficient (Wildman–Crippen LogP) is 1.58. The van der Waals surface area contributed by atoms with Gasteiger partial charge in [0.05, 0.1) is 12.5 Å². The first-order valence-electron chi connectivity index (χ1n) is 7.55. The number of thiocarbonyl (C=S) groups is 1. The molecule has 1 fully saturated rings. The molecule has 1 aliphatic rings. The van der Waals surface area contributed by atoms with Crippen LogP contribution in [0.25, 0.3) is 0 Å². The Labute approximate surface area is 135 Å². The Morgan fingerprint density at radius 3 is 2.50 bits per heavy atom. The van der Waals surface area contributed by atoms with Crippen LogP contribution >= 0.6 is 12.2 Å². The summed E-state index contributed by atoms with van der Waals surface area (Å²) in [6, 6.07) is 6.59. The van der Waals surface area contributed by atoms with E-state index in [1.165, 1.54) is 18.6 Å². The minimum absolute atomic E-state index is 0.273. The molecule has 0 amide bonds. The molecule has 120 valence electrons. The molecule has 0 atom stereocenters. The van der Waals surface area contributed by atoms with Gasteiger partial charge in [0.25, 0.3) is 0 Å². The zero-order chi connectivity index (χ0) is 15.9. The van der Waals surface area contributed by atoms with E-state index in [0.717, 1.165) is 31.2 Å². The van der Waals surface area contributed by atoms with Crippen molar-refractivity contribution >= 4 is 23.3 Å². The first kappa shape index (κ1) is 16.7. The summed E-state index contributed by atoms with van der Waals surface area (Å²) in [4.78, 5) is 12.6. The number of halogens is 1. The van der Waals surface area contributed by atoms with Gasteiger partial charge < -0.3 is 20.1 Å². The lowest BCUT2D eigenvalue weighted by molar-refractivity contribution is -0.303. The molecule has 0 saturated heterocycles. The smallest absolute Gasteiger partial charge is 0.169 e. The fraction of sp³-hybridized carbons (Fsp3) is 0.500. The molecular formula is C16H20FN2O2S-. The molecule has 0 aliphatic heterocycles. The van der Waals surface area contributed by atoms with E-state index < -0.39 is 5.97 Å². The maximum atomic E-state index is 13.0. The average molecular weight is 323 g/mol. The van der Waals surface area contributed by atoms with Crippen LogP contribution in [-0.4, -0.2) is 28.6 Å². The van der Waals surface area contributed by atoms with Crippen LogP contribution in [0.5, 0.6) is 0 Å². The largest absolute Gasteiger partial charge is 0.548 e. The Morgan fingerprint density at radius 2 is 1.91 bits per heavy atom. The van der Waals surface area contributed by atoms with Gasteiger partial charge in [0.15, 0.2) is 5.11 Å². The van der Waals surface area contributed by atoms with E-state index in [-0.39, 0.29) is 12.4 Å². The standard InChI is InChI=1S/C16H21FN2O2S/c17-13-8-6-12(7-9-13)11-19(14-4-2-1-3-5-14)16(22)18-10-15(20)21/h6-9,14H,1-5,10-11H2,(H,18,22)(H,20,21)/p-1. The van der Waals surface area contributed by atoms with E-state index >= 15 is 0 Å². The van der Waals surface area contributed by atoms with Crippen LogP contribution in [0.3, 0.4) is 0 Å². The molecule has 0 aromatic heterocycles. The van der Waals surface area contributed by atoms with Crippen molar-refractivity contribution in [2.75, 3.05) is 6.54 Å². The number of carboxylic acid groups (broad SMARTS) is 1. The highest BCUT2D eigenvalue weighted by atomic mass is 32.1. The molecule has 4 nitrogen and oxygen atoms in total. The normalized spacial score (nSPS) is 15.3. The van der Waals surface area contributed by atoms with Crippen molar-refractivity contribution in [3.8, 4) is 0 Å². The molecule has 1 N–H and O–H groups in total. The van der Waals surface area contributed by atoms with Crippen LogP contribution in [0, 0.1) is 5.82 Å². The zero-order valence-electron chi connectivity index (χ0n) is 12.4. The quantitative estimate of drug-likeness (QED) is 0.834. The Hall–Kier alpha value is -1.69. The van der Waals surface area contributed by atoms with E-state index in [1.807, 2.05) is 4.90 Å². The molecular weight excluding hydrogens is 303 g/mol. The SMILES string of the molecule is O=C([O-])CNC(=S)N(Cc1ccc(F)cc1)C1CCCCC1. The van der Waals surface area contributed by atoms with Gasteiger partial charge >= 0.3 is 0 Å². The van der Waals surface area contributed by atoms with Crippen molar-refractivity contribution < 1.29 is 14.3 Å². The molecule has 0 spiro atoms. The maximum absolute atomic E-state index is 13.0. The number of carboxylic acids is 1. The molecule has 1 saturated carbocycles. The first-order chi connectivity index (χ1) is 10.6. The summed E-state index contributed by atoms with van der Waals surface area (Å²) in [7, 11) is 0. The molecule has 1 aromatic rings. The van der Waals surface area contributed by atoms with Gasteiger partial charge in [-0.1, -0.05) is 31.4 Å². The van der Waals surface area contributed by atoms with Crippen LogP contribution < -0.4 is 10.4 Å². The Kier molecular flexibility index (Phi) is 6.12. The summed E-state index contributed by atoms with van der Waals surface area (Å²) >= 11 is 5.35. The van der Waals surface area contributed by atoms with E-state index in [9.17, 15) is 14.3 Å². The highest BCUT2D eigenvalue weighted by Crippen LogP contribution is 2.24. The number of rotatable bonds is 5. The van der Waals surface area contributed by atoms with Crippen LogP contribution in [-0.2, 0) is 11.3 Å². The molecule has 0 heterocycles. The van der Waals surface area contributed by atoms with Crippen molar-refractivity contribution in [2.24, 2.45) is 0 Å². The molecule has 1 aliphatic carbocycles. The monoisotopic (exact) mass is 323 g/mol. The number of benzene rings is 1. The van der Waals surface area contributed by atoms with Gasteiger partial charge in [-0.3, -0.25) is 0 Å². The molecule has 2 rings (SSSR count).